The first-order valence-electron chi connectivity index (χ1n) is 6.90. The highest BCUT2D eigenvalue weighted by atomic mass is 79.9. The van der Waals surface area contributed by atoms with E-state index in [9.17, 15) is 9.90 Å². The molecule has 6 heteroatoms. The van der Waals surface area contributed by atoms with Crippen molar-refractivity contribution in [2.24, 2.45) is 17.8 Å². The minimum Gasteiger partial charge on any atom is -0.506 e. The van der Waals surface area contributed by atoms with Crippen molar-refractivity contribution < 1.29 is 5.11 Å². The maximum Gasteiger partial charge on any atom is 0.265 e. The van der Waals surface area contributed by atoms with Crippen LogP contribution in [-0.2, 0) is 7.05 Å². The molecule has 0 bridgehead atoms. The van der Waals surface area contributed by atoms with Gasteiger partial charge in [0.1, 0.15) is 17.1 Å². The molecule has 0 radical (unpaired) electrons. The van der Waals surface area contributed by atoms with Crippen LogP contribution in [0.3, 0.4) is 0 Å². The summed E-state index contributed by atoms with van der Waals surface area (Å²) in [6, 6.07) is 14.3. The molecule has 0 unspecified atom stereocenters. The number of benzene rings is 2. The number of halogens is 1. The number of aliphatic imine (C=N–C) groups is 1. The van der Waals surface area contributed by atoms with Crippen LogP contribution >= 0.6 is 15.9 Å². The van der Waals surface area contributed by atoms with Crippen molar-refractivity contribution in [1.29, 1.82) is 0 Å². The quantitative estimate of drug-likeness (QED) is 0.536. The molecule has 3 N–H and O–H groups in total. The SMILES string of the molecule is Cn1c(=O)c(C(N)=Nc2ccccc2Br)c(O)c2ccccc21. The van der Waals surface area contributed by atoms with Crippen molar-refractivity contribution in [2.75, 3.05) is 0 Å². The van der Waals surface area contributed by atoms with Crippen LogP contribution in [0.5, 0.6) is 5.75 Å². The predicted octanol–water partition coefficient (Wildman–Crippen LogP) is 3.04. The summed E-state index contributed by atoms with van der Waals surface area (Å²) in [6.07, 6.45) is 0. The molecule has 3 rings (SSSR count). The van der Waals surface area contributed by atoms with Gasteiger partial charge in [-0.25, -0.2) is 4.99 Å². The Morgan fingerprint density at radius 1 is 1.17 bits per heavy atom. The molecule has 0 saturated carbocycles. The molecule has 3 aromatic rings. The van der Waals surface area contributed by atoms with Crippen molar-refractivity contribution >= 4 is 38.4 Å². The van der Waals surface area contributed by atoms with E-state index in [4.69, 9.17) is 5.73 Å². The van der Waals surface area contributed by atoms with Crippen molar-refractivity contribution in [3.05, 3.63) is 68.9 Å². The molecule has 116 valence electrons. The summed E-state index contributed by atoms with van der Waals surface area (Å²) in [7, 11) is 1.64. The molecular weight excluding hydrogens is 358 g/mol. The summed E-state index contributed by atoms with van der Waals surface area (Å²) >= 11 is 3.38. The molecule has 2 aromatic carbocycles. The molecule has 0 aliphatic rings. The minimum atomic E-state index is -0.394. The molecule has 0 aliphatic carbocycles. The van der Waals surface area contributed by atoms with Crippen molar-refractivity contribution in [3.63, 3.8) is 0 Å². The maximum atomic E-state index is 12.6. The molecule has 23 heavy (non-hydrogen) atoms. The summed E-state index contributed by atoms with van der Waals surface area (Å²) in [6.45, 7) is 0. The molecule has 0 fully saturated rings. The molecule has 0 saturated heterocycles. The number of aromatic hydroxyl groups is 1. The van der Waals surface area contributed by atoms with Crippen LogP contribution in [0.25, 0.3) is 10.9 Å². The van der Waals surface area contributed by atoms with Gasteiger partial charge < -0.3 is 15.4 Å². The standard InChI is InChI=1S/C17H14BrN3O2/c1-21-13-9-5-2-6-10(13)15(22)14(17(21)23)16(19)20-12-8-4-3-7-11(12)18/h2-9,22H,1H3,(H2,19,20). The largest absolute Gasteiger partial charge is 0.506 e. The zero-order valence-corrected chi connectivity index (χ0v) is 13.9. The van der Waals surface area contributed by atoms with Crippen LogP contribution in [0.2, 0.25) is 0 Å². The smallest absolute Gasteiger partial charge is 0.265 e. The average Bonchev–Trinajstić information content (AvgIpc) is 2.55. The number of hydrogen-bond donors (Lipinski definition) is 2. The average molecular weight is 372 g/mol. The lowest BCUT2D eigenvalue weighted by molar-refractivity contribution is 0.478. The van der Waals surface area contributed by atoms with Crippen LogP contribution in [0.4, 0.5) is 5.69 Å². The zero-order chi connectivity index (χ0) is 16.6. The number of aryl methyl sites for hydroxylation is 1. The fourth-order valence-electron chi connectivity index (χ4n) is 2.44. The summed E-state index contributed by atoms with van der Waals surface area (Å²) in [5, 5.41) is 11.0. The third-order valence-corrected chi connectivity index (χ3v) is 4.30. The van der Waals surface area contributed by atoms with Crippen molar-refractivity contribution in [3.8, 4) is 5.75 Å². The maximum absolute atomic E-state index is 12.6. The Bertz CT molecular complexity index is 993. The summed E-state index contributed by atoms with van der Waals surface area (Å²) < 4.78 is 2.20. The highest BCUT2D eigenvalue weighted by molar-refractivity contribution is 9.10. The van der Waals surface area contributed by atoms with Crippen LogP contribution in [-0.4, -0.2) is 15.5 Å². The van der Waals surface area contributed by atoms with E-state index in [1.54, 1.807) is 37.4 Å². The number of fused-ring (bicyclic) bond motifs is 1. The highest BCUT2D eigenvalue weighted by Gasteiger charge is 2.17. The van der Waals surface area contributed by atoms with E-state index in [-0.39, 0.29) is 17.1 Å². The summed E-state index contributed by atoms with van der Waals surface area (Å²) in [4.78, 5) is 16.8. The van der Waals surface area contributed by atoms with Crippen LogP contribution in [0.15, 0.2) is 62.8 Å². The fraction of sp³-hybridized carbons (Fsp3) is 0.0588. The zero-order valence-electron chi connectivity index (χ0n) is 12.3. The number of amidine groups is 1. The Morgan fingerprint density at radius 2 is 1.83 bits per heavy atom. The van der Waals surface area contributed by atoms with Gasteiger partial charge in [0.25, 0.3) is 5.56 Å². The van der Waals surface area contributed by atoms with Gasteiger partial charge in [-0.2, -0.15) is 0 Å². The highest BCUT2D eigenvalue weighted by Crippen LogP contribution is 2.28. The number of nitrogens with two attached hydrogens (primary N) is 1. The molecule has 0 spiro atoms. The molecule has 1 aromatic heterocycles. The Hall–Kier alpha value is -2.60. The Kier molecular flexibility index (Phi) is 3.92. The minimum absolute atomic E-state index is 0.00181. The monoisotopic (exact) mass is 371 g/mol. The van der Waals surface area contributed by atoms with Crippen LogP contribution in [0.1, 0.15) is 5.56 Å². The fourth-order valence-corrected chi connectivity index (χ4v) is 2.81. The van der Waals surface area contributed by atoms with E-state index >= 15 is 0 Å². The normalized spacial score (nSPS) is 11.8. The van der Waals surface area contributed by atoms with Gasteiger partial charge in [-0.1, -0.05) is 24.3 Å². The first-order chi connectivity index (χ1) is 11.0. The third-order valence-electron chi connectivity index (χ3n) is 3.63. The molecular formula is C17H14BrN3O2. The summed E-state index contributed by atoms with van der Waals surface area (Å²) in [5.41, 5.74) is 6.84. The number of hydrogen-bond acceptors (Lipinski definition) is 3. The summed E-state index contributed by atoms with van der Waals surface area (Å²) in [5.74, 6) is -0.183. The van der Waals surface area contributed by atoms with Gasteiger partial charge in [-0.15, -0.1) is 0 Å². The van der Waals surface area contributed by atoms with E-state index in [1.807, 2.05) is 18.2 Å². The number of rotatable bonds is 2. The Balaban J connectivity index is 2.28. The second kappa shape index (κ2) is 5.89. The lowest BCUT2D eigenvalue weighted by atomic mass is 10.1. The predicted molar refractivity (Wildman–Crippen MR) is 95.4 cm³/mol. The topological polar surface area (TPSA) is 80.6 Å². The molecule has 1 heterocycles. The molecule has 0 atom stereocenters. The van der Waals surface area contributed by atoms with Crippen molar-refractivity contribution in [1.82, 2.24) is 4.57 Å². The lowest BCUT2D eigenvalue weighted by Gasteiger charge is -2.11. The Labute approximate surface area is 140 Å². The van der Waals surface area contributed by atoms with Gasteiger partial charge in [-0.3, -0.25) is 4.79 Å². The van der Waals surface area contributed by atoms with E-state index < -0.39 is 5.56 Å². The number of nitrogens with zero attached hydrogens (tertiary/aromatic N) is 2. The first-order valence-corrected chi connectivity index (χ1v) is 7.69. The van der Waals surface area contributed by atoms with E-state index in [0.29, 0.717) is 16.6 Å². The van der Waals surface area contributed by atoms with Crippen molar-refractivity contribution in [2.45, 2.75) is 0 Å². The van der Waals surface area contributed by atoms with E-state index in [1.165, 1.54) is 4.57 Å². The molecule has 5 nitrogen and oxygen atoms in total. The second-order valence-corrected chi connectivity index (χ2v) is 5.91. The van der Waals surface area contributed by atoms with Gasteiger partial charge in [0.2, 0.25) is 0 Å². The van der Waals surface area contributed by atoms with Crippen LogP contribution in [0, 0.1) is 0 Å². The van der Waals surface area contributed by atoms with Crippen LogP contribution < -0.4 is 11.3 Å². The van der Waals surface area contributed by atoms with E-state index in [0.717, 1.165) is 4.47 Å². The van der Waals surface area contributed by atoms with Gasteiger partial charge in [0, 0.05) is 16.9 Å². The number of aromatic nitrogens is 1. The van der Waals surface area contributed by atoms with Gasteiger partial charge >= 0.3 is 0 Å². The molecule has 0 amide bonds. The third kappa shape index (κ3) is 2.61. The molecule has 0 aliphatic heterocycles. The number of pyridine rings is 1. The van der Waals surface area contributed by atoms with Gasteiger partial charge in [-0.05, 0) is 40.2 Å². The lowest BCUT2D eigenvalue weighted by Crippen LogP contribution is -2.29. The first kappa shape index (κ1) is 15.3. The van der Waals surface area contributed by atoms with Gasteiger partial charge in [0.15, 0.2) is 0 Å². The number of para-hydroxylation sites is 2. The Morgan fingerprint density at radius 3 is 2.57 bits per heavy atom. The van der Waals surface area contributed by atoms with Gasteiger partial charge in [0.05, 0.1) is 11.2 Å². The second-order valence-electron chi connectivity index (χ2n) is 5.05. The van der Waals surface area contributed by atoms with E-state index in [2.05, 4.69) is 20.9 Å².